The van der Waals surface area contributed by atoms with Gasteiger partial charge in [-0.3, -0.25) is 6.08 Å². The Kier molecular flexibility index (Phi) is 17.5. The van der Waals surface area contributed by atoms with Crippen molar-refractivity contribution in [2.24, 2.45) is 0 Å². The number of rotatable bonds is 4. The molecule has 1 aliphatic rings. The first-order valence-corrected chi connectivity index (χ1v) is 21.9. The maximum Gasteiger partial charge on any atom is -0.109 e. The normalized spacial score (nSPS) is 12.5. The van der Waals surface area contributed by atoms with Crippen molar-refractivity contribution in [1.29, 1.82) is 0 Å². The Morgan fingerprint density at radius 1 is 0.547 bits per heavy atom. The van der Waals surface area contributed by atoms with Crippen LogP contribution >= 0.6 is 23.2 Å². The van der Waals surface area contributed by atoms with E-state index in [-0.39, 0.29) is 35.6 Å². The molecule has 0 heterocycles. The van der Waals surface area contributed by atoms with Gasteiger partial charge in [0.2, 0.25) is 0 Å². The topological polar surface area (TPSA) is 0 Å². The second kappa shape index (κ2) is 21.2. The first kappa shape index (κ1) is 52.8. The predicted molar refractivity (Wildman–Crippen MR) is 243 cm³/mol. The van der Waals surface area contributed by atoms with Gasteiger partial charge in [0.1, 0.15) is 0 Å². The Hall–Kier alpha value is -3.84. The number of fused-ring (bicyclic) bond motifs is 3. The summed E-state index contributed by atoms with van der Waals surface area (Å²) in [4.78, 5) is 0. The van der Waals surface area contributed by atoms with Crippen molar-refractivity contribution in [3.63, 3.8) is 0 Å². The number of benzene rings is 6. The third-order valence-corrected chi connectivity index (χ3v) is 12.4. The van der Waals surface area contributed by atoms with Crippen LogP contribution in [0.15, 0.2) is 146 Å². The molecule has 332 valence electrons. The molecule has 0 saturated heterocycles. The molecule has 8 rings (SSSR count). The van der Waals surface area contributed by atoms with Crippen LogP contribution in [-0.2, 0) is 47.4 Å². The van der Waals surface area contributed by atoms with E-state index in [1.165, 1.54) is 79.2 Å². The van der Waals surface area contributed by atoms with Crippen molar-refractivity contribution in [3.8, 4) is 22.3 Å². The van der Waals surface area contributed by atoms with Gasteiger partial charge >= 0.3 is 137 Å². The molecular weight excluding hydrogens is 984 g/mol. The third kappa shape index (κ3) is 12.9. The van der Waals surface area contributed by atoms with Crippen LogP contribution < -0.4 is 24.8 Å². The Balaban J connectivity index is 0.000000265. The average molecular weight is 1030 g/mol. The minimum absolute atomic E-state index is 0. The first-order valence-electron chi connectivity index (χ1n) is 19.9. The molecule has 7 aromatic carbocycles. The number of alkyl halides is 6. The van der Waals surface area contributed by atoms with E-state index in [9.17, 15) is 26.3 Å². The van der Waals surface area contributed by atoms with Crippen molar-refractivity contribution in [3.05, 3.63) is 195 Å². The molecule has 0 aromatic heterocycles. The van der Waals surface area contributed by atoms with Crippen molar-refractivity contribution in [1.82, 2.24) is 0 Å². The zero-order valence-electron chi connectivity index (χ0n) is 35.8. The molecule has 0 bridgehead atoms. The molecule has 7 aromatic rings. The first-order chi connectivity index (χ1) is 29.0. The van der Waals surface area contributed by atoms with Crippen molar-refractivity contribution in [2.75, 3.05) is 0 Å². The van der Waals surface area contributed by atoms with Crippen LogP contribution in [0.5, 0.6) is 0 Å². The molecule has 11 heteroatoms. The zero-order chi connectivity index (χ0) is 45.2. The summed E-state index contributed by atoms with van der Waals surface area (Å²) in [5.74, 6) is 0. The predicted octanol–water partition coefficient (Wildman–Crippen LogP) is 11.1. The molecule has 64 heavy (non-hydrogen) atoms. The number of hydrogen-bond acceptors (Lipinski definition) is 0. The van der Waals surface area contributed by atoms with Gasteiger partial charge < -0.3 is 24.8 Å². The van der Waals surface area contributed by atoms with Gasteiger partial charge in [0.25, 0.3) is 0 Å². The fourth-order valence-corrected chi connectivity index (χ4v) is 8.31. The summed E-state index contributed by atoms with van der Waals surface area (Å²) in [6.45, 7) is 13.7. The van der Waals surface area contributed by atoms with Gasteiger partial charge in [-0.25, -0.2) is 12.2 Å². The van der Waals surface area contributed by atoms with Gasteiger partial charge in [0, 0.05) is 10.0 Å². The van der Waals surface area contributed by atoms with Crippen LogP contribution in [0.25, 0.3) is 43.8 Å². The van der Waals surface area contributed by atoms with Gasteiger partial charge in [0.05, 0.1) is 0 Å². The fourth-order valence-electron chi connectivity index (χ4n) is 7.24. The molecule has 0 aliphatic heterocycles. The van der Waals surface area contributed by atoms with Gasteiger partial charge in [-0.15, -0.1) is 46.2 Å². The zero-order valence-corrected chi connectivity index (χ0v) is 41.3. The molecule has 0 atom stereocenters. The maximum atomic E-state index is 12.5. The summed E-state index contributed by atoms with van der Waals surface area (Å²) in [5, 5.41) is 6.69. The van der Waals surface area contributed by atoms with Gasteiger partial charge in [0.15, 0.2) is 0 Å². The van der Waals surface area contributed by atoms with E-state index in [2.05, 4.69) is 108 Å². The minimum atomic E-state index is -4.41. The van der Waals surface area contributed by atoms with Crippen LogP contribution in [0, 0.1) is 6.08 Å². The molecule has 0 radical (unpaired) electrons. The summed E-state index contributed by atoms with van der Waals surface area (Å²) < 4.78 is 75.6. The quantitative estimate of drug-likeness (QED) is 0.122. The molecule has 0 nitrogen and oxygen atoms in total. The molecule has 0 saturated carbocycles. The molecule has 0 fully saturated rings. The Labute approximate surface area is 408 Å². The second-order valence-corrected chi connectivity index (χ2v) is 19.3. The van der Waals surface area contributed by atoms with E-state index in [0.29, 0.717) is 14.3 Å². The summed E-state index contributed by atoms with van der Waals surface area (Å²) in [7, 11) is 0. The molecular formula is C53H44Cl4F6Zr-2. The molecule has 0 unspecified atom stereocenters. The van der Waals surface area contributed by atoms with Gasteiger partial charge in [-0.05, 0) is 68.5 Å². The summed E-state index contributed by atoms with van der Waals surface area (Å²) in [5.41, 5.74) is 7.24. The maximum absolute atomic E-state index is 12.5. The smallest absolute Gasteiger partial charge is 0.109 e. The minimum Gasteiger partial charge on any atom is -1.00 e. The number of hydrogen-bond donors (Lipinski definition) is 0. The van der Waals surface area contributed by atoms with E-state index in [4.69, 9.17) is 23.2 Å². The Bertz CT molecular complexity index is 2560. The Morgan fingerprint density at radius 2 is 0.906 bits per heavy atom. The SMILES string of the molecule is CC(C)(C)c1cc2c(cc1-c1ccc(Cl)cc1)[cH-]c1cc(-c3ccc(Cl)cc3)c(C(C)(C)C)cc12.FC(F)(F)c1ccc([C](=[Zr+2])c2ccc(C(F)(F)F)cc2)cc1.[C-]1=CC=CC1.[Cl-].[Cl-]. The summed E-state index contributed by atoms with van der Waals surface area (Å²) >= 11 is 13.3. The van der Waals surface area contributed by atoms with Gasteiger partial charge in [-0.1, -0.05) is 101 Å². The van der Waals surface area contributed by atoms with Crippen LogP contribution in [0.3, 0.4) is 0 Å². The third-order valence-electron chi connectivity index (χ3n) is 10.5. The van der Waals surface area contributed by atoms with Crippen LogP contribution in [0.1, 0.15) is 81.3 Å². The Morgan fingerprint density at radius 3 is 1.17 bits per heavy atom. The van der Waals surface area contributed by atoms with Gasteiger partial charge in [-0.2, -0.15) is 6.08 Å². The molecule has 0 N–H and O–H groups in total. The van der Waals surface area contributed by atoms with Crippen molar-refractivity contribution in [2.45, 2.75) is 71.1 Å². The van der Waals surface area contributed by atoms with E-state index < -0.39 is 23.5 Å². The standard InChI is InChI=1S/C33H31Cl2.C15H8F6.C5H5.2ClH.Zr/c1-32(2,3)30-18-26-22(16-28(30)20-7-11-24(34)12-8-20)15-23-17-29(21-9-13-25(35)14-10-21)31(19-27(23)26)33(4,5)6;16-14(17,18)12-5-1-10(2-6-12)9-11-3-7-13(8-4-11)15(19,20)21;1-2-4-5-3-1;;;/h7-19H,1-6H3;1-8H;1-3H,4H2;2*1H;/q-1;;-1;;;+2/p-2. The van der Waals surface area contributed by atoms with E-state index >= 15 is 0 Å². The monoisotopic (exact) mass is 1020 g/mol. The van der Waals surface area contributed by atoms with Crippen LogP contribution in [0.4, 0.5) is 26.3 Å². The number of allylic oxidation sites excluding steroid dienone is 4. The summed E-state index contributed by atoms with van der Waals surface area (Å²) in [6.07, 6.45) is 1.18. The molecule has 0 spiro atoms. The second-order valence-electron chi connectivity index (χ2n) is 17.2. The number of halogens is 10. The summed E-state index contributed by atoms with van der Waals surface area (Å²) in [6, 6.07) is 37.4. The molecule has 0 amide bonds. The van der Waals surface area contributed by atoms with E-state index in [1.54, 1.807) is 0 Å². The van der Waals surface area contributed by atoms with Crippen LogP contribution in [-0.4, -0.2) is 3.21 Å². The van der Waals surface area contributed by atoms with E-state index in [1.807, 2.05) is 36.4 Å². The van der Waals surface area contributed by atoms with Crippen molar-refractivity contribution >= 4 is 48.0 Å². The van der Waals surface area contributed by atoms with E-state index in [0.717, 1.165) is 65.0 Å². The average Bonchev–Trinajstić information content (AvgIpc) is 3.91. The fraction of sp³-hybridized carbons (Fsp3) is 0.208. The van der Waals surface area contributed by atoms with Crippen LogP contribution in [0.2, 0.25) is 10.0 Å². The largest absolute Gasteiger partial charge is 1.00 e. The molecule has 1 aliphatic carbocycles. The van der Waals surface area contributed by atoms with Crippen molar-refractivity contribution < 1.29 is 75.4 Å².